The lowest BCUT2D eigenvalue weighted by Gasteiger charge is -2.08. The maximum atomic E-state index is 12.0. The van der Waals surface area contributed by atoms with Gasteiger partial charge in [0.2, 0.25) is 0 Å². The molecule has 2 aromatic heterocycles. The van der Waals surface area contributed by atoms with E-state index in [1.807, 2.05) is 0 Å². The highest BCUT2D eigenvalue weighted by molar-refractivity contribution is 6.35. The summed E-state index contributed by atoms with van der Waals surface area (Å²) in [6.45, 7) is 0. The number of aromatic nitrogens is 2. The minimum Gasteiger partial charge on any atom is -0.478 e. The Balaban J connectivity index is 2.30. The number of pyridine rings is 2. The van der Waals surface area contributed by atoms with Crippen LogP contribution in [-0.2, 0) is 0 Å². The molecule has 0 bridgehead atoms. The Bertz CT molecular complexity index is 691. The van der Waals surface area contributed by atoms with Crippen LogP contribution in [0.5, 0.6) is 0 Å². The van der Waals surface area contributed by atoms with Crippen LogP contribution in [-0.4, -0.2) is 27.0 Å². The lowest BCUT2D eigenvalue weighted by molar-refractivity contribution is 0.0698. The molecule has 0 aliphatic rings. The smallest absolute Gasteiger partial charge is 0.337 e. The van der Waals surface area contributed by atoms with Gasteiger partial charge in [0.05, 0.1) is 23.0 Å². The highest BCUT2D eigenvalue weighted by Gasteiger charge is 2.16. The fourth-order valence-electron chi connectivity index (χ4n) is 1.45. The number of carbonyl (C=O) groups excluding carboxylic acids is 1. The first-order chi connectivity index (χ1) is 9.49. The van der Waals surface area contributed by atoms with Gasteiger partial charge in [0.1, 0.15) is 10.3 Å². The molecular weight excluding hydrogens is 305 g/mol. The highest BCUT2D eigenvalue weighted by atomic mass is 35.5. The number of hydrogen-bond donors (Lipinski definition) is 2. The molecule has 0 aliphatic carbocycles. The molecule has 8 heteroatoms. The van der Waals surface area contributed by atoms with Crippen molar-refractivity contribution in [1.82, 2.24) is 9.97 Å². The number of carboxylic acid groups (broad SMARTS) is 1. The zero-order valence-electron chi connectivity index (χ0n) is 9.80. The maximum absolute atomic E-state index is 12.0. The Kier molecular flexibility index (Phi) is 4.16. The minimum absolute atomic E-state index is 0.0658. The average molecular weight is 312 g/mol. The molecule has 0 saturated carbocycles. The first-order valence-electron chi connectivity index (χ1n) is 5.29. The van der Waals surface area contributed by atoms with E-state index in [1.165, 1.54) is 30.6 Å². The number of rotatable bonds is 3. The lowest BCUT2D eigenvalue weighted by atomic mass is 10.2. The summed E-state index contributed by atoms with van der Waals surface area (Å²) in [5, 5.41) is 11.5. The summed E-state index contributed by atoms with van der Waals surface area (Å²) in [6.07, 6.45) is 2.55. The number of halogens is 2. The average Bonchev–Trinajstić information content (AvgIpc) is 2.38. The molecule has 0 unspecified atom stereocenters. The second-order valence-corrected chi connectivity index (χ2v) is 4.40. The summed E-state index contributed by atoms with van der Waals surface area (Å²) in [6, 6.07) is 4.08. The molecular formula is C12H7Cl2N3O3. The van der Waals surface area contributed by atoms with Gasteiger partial charge in [-0.25, -0.2) is 9.78 Å². The predicted octanol–water partition coefficient (Wildman–Crippen LogP) is 2.73. The number of amides is 1. The molecule has 2 heterocycles. The van der Waals surface area contributed by atoms with Crippen LogP contribution in [0.2, 0.25) is 10.3 Å². The Morgan fingerprint density at radius 2 is 1.90 bits per heavy atom. The van der Waals surface area contributed by atoms with Crippen LogP contribution in [0.15, 0.2) is 30.6 Å². The maximum Gasteiger partial charge on any atom is 0.337 e. The van der Waals surface area contributed by atoms with Crippen LogP contribution in [0.3, 0.4) is 0 Å². The summed E-state index contributed by atoms with van der Waals surface area (Å²) in [4.78, 5) is 30.5. The molecule has 0 aliphatic heterocycles. The van der Waals surface area contributed by atoms with Gasteiger partial charge < -0.3 is 10.4 Å². The van der Waals surface area contributed by atoms with E-state index in [2.05, 4.69) is 15.3 Å². The second-order valence-electron chi connectivity index (χ2n) is 3.65. The van der Waals surface area contributed by atoms with Gasteiger partial charge in [-0.1, -0.05) is 23.2 Å². The summed E-state index contributed by atoms with van der Waals surface area (Å²) in [7, 11) is 0. The van der Waals surface area contributed by atoms with E-state index in [9.17, 15) is 9.59 Å². The van der Waals surface area contributed by atoms with Crippen molar-refractivity contribution in [3.8, 4) is 0 Å². The van der Waals surface area contributed by atoms with Crippen molar-refractivity contribution in [3.05, 3.63) is 52.0 Å². The molecule has 2 N–H and O–H groups in total. The Labute approximate surface area is 123 Å². The van der Waals surface area contributed by atoms with Crippen molar-refractivity contribution >= 4 is 40.8 Å². The van der Waals surface area contributed by atoms with E-state index in [0.717, 1.165) is 0 Å². The van der Waals surface area contributed by atoms with E-state index in [0.29, 0.717) is 0 Å². The summed E-state index contributed by atoms with van der Waals surface area (Å²) in [5.74, 6) is -1.78. The molecule has 2 rings (SSSR count). The standard InChI is InChI=1S/C12H7Cl2N3O3/c13-9-2-1-7(10(14)17-9)11(18)16-8-5-15-4-3-6(8)12(19)20/h1-5H,(H,16,18)(H,19,20). The number of carbonyl (C=O) groups is 2. The normalized spacial score (nSPS) is 10.1. The Morgan fingerprint density at radius 1 is 1.15 bits per heavy atom. The van der Waals surface area contributed by atoms with Crippen LogP contribution in [0.25, 0.3) is 0 Å². The van der Waals surface area contributed by atoms with E-state index in [-0.39, 0.29) is 27.1 Å². The predicted molar refractivity (Wildman–Crippen MR) is 73.4 cm³/mol. The zero-order valence-corrected chi connectivity index (χ0v) is 11.3. The van der Waals surface area contributed by atoms with Gasteiger partial charge >= 0.3 is 5.97 Å². The van der Waals surface area contributed by atoms with Crippen LogP contribution >= 0.6 is 23.2 Å². The molecule has 102 valence electrons. The van der Waals surface area contributed by atoms with Gasteiger partial charge in [-0.3, -0.25) is 9.78 Å². The largest absolute Gasteiger partial charge is 0.478 e. The topological polar surface area (TPSA) is 92.2 Å². The zero-order chi connectivity index (χ0) is 14.7. The van der Waals surface area contributed by atoms with Crippen molar-refractivity contribution in [3.63, 3.8) is 0 Å². The van der Waals surface area contributed by atoms with Crippen molar-refractivity contribution in [1.29, 1.82) is 0 Å². The van der Waals surface area contributed by atoms with Gasteiger partial charge in [-0.2, -0.15) is 0 Å². The van der Waals surface area contributed by atoms with Gasteiger partial charge in [0.15, 0.2) is 0 Å². The molecule has 0 atom stereocenters. The third kappa shape index (κ3) is 3.04. The Hall–Kier alpha value is -2.18. The van der Waals surface area contributed by atoms with Gasteiger partial charge in [0, 0.05) is 6.20 Å². The van der Waals surface area contributed by atoms with Gasteiger partial charge in [-0.15, -0.1) is 0 Å². The first-order valence-corrected chi connectivity index (χ1v) is 6.05. The Morgan fingerprint density at radius 3 is 2.55 bits per heavy atom. The summed E-state index contributed by atoms with van der Waals surface area (Å²) < 4.78 is 0. The molecule has 0 fully saturated rings. The fraction of sp³-hybridized carbons (Fsp3) is 0. The van der Waals surface area contributed by atoms with Crippen LogP contribution < -0.4 is 5.32 Å². The second kappa shape index (κ2) is 5.85. The van der Waals surface area contributed by atoms with Gasteiger partial charge in [0.25, 0.3) is 5.91 Å². The van der Waals surface area contributed by atoms with Crippen molar-refractivity contribution in [2.75, 3.05) is 5.32 Å². The van der Waals surface area contributed by atoms with Crippen LogP contribution in [0.4, 0.5) is 5.69 Å². The molecule has 0 aromatic carbocycles. The van der Waals surface area contributed by atoms with Crippen LogP contribution in [0, 0.1) is 0 Å². The number of nitrogens with one attached hydrogen (secondary N) is 1. The fourth-order valence-corrected chi connectivity index (χ4v) is 1.88. The lowest BCUT2D eigenvalue weighted by Crippen LogP contribution is -2.15. The molecule has 1 amide bonds. The third-order valence-electron chi connectivity index (χ3n) is 2.36. The van der Waals surface area contributed by atoms with Crippen molar-refractivity contribution < 1.29 is 14.7 Å². The van der Waals surface area contributed by atoms with Gasteiger partial charge in [-0.05, 0) is 18.2 Å². The molecule has 2 aromatic rings. The third-order valence-corrected chi connectivity index (χ3v) is 2.86. The number of aromatic carboxylic acids is 1. The molecule has 0 radical (unpaired) electrons. The first kappa shape index (κ1) is 14.2. The van der Waals surface area contributed by atoms with E-state index in [4.69, 9.17) is 28.3 Å². The number of hydrogen-bond acceptors (Lipinski definition) is 4. The van der Waals surface area contributed by atoms with Crippen LogP contribution in [0.1, 0.15) is 20.7 Å². The van der Waals surface area contributed by atoms with E-state index in [1.54, 1.807) is 0 Å². The molecule has 20 heavy (non-hydrogen) atoms. The van der Waals surface area contributed by atoms with Crippen molar-refractivity contribution in [2.24, 2.45) is 0 Å². The van der Waals surface area contributed by atoms with E-state index >= 15 is 0 Å². The molecule has 0 spiro atoms. The van der Waals surface area contributed by atoms with E-state index < -0.39 is 11.9 Å². The minimum atomic E-state index is -1.18. The molecule has 6 nitrogen and oxygen atoms in total. The molecule has 0 saturated heterocycles. The SMILES string of the molecule is O=C(O)c1ccncc1NC(=O)c1ccc(Cl)nc1Cl. The quantitative estimate of drug-likeness (QED) is 0.850. The number of nitrogens with zero attached hydrogens (tertiary/aromatic N) is 2. The monoisotopic (exact) mass is 311 g/mol. The number of carboxylic acids is 1. The highest BCUT2D eigenvalue weighted by Crippen LogP contribution is 2.19. The summed E-state index contributed by atoms with van der Waals surface area (Å²) >= 11 is 11.4. The summed E-state index contributed by atoms with van der Waals surface area (Å²) in [5.41, 5.74) is 0.0682. The number of anilines is 1. The van der Waals surface area contributed by atoms with Crippen molar-refractivity contribution in [2.45, 2.75) is 0 Å².